The fourth-order valence-electron chi connectivity index (χ4n) is 1.20. The zero-order chi connectivity index (χ0) is 14.0. The second-order valence-electron chi connectivity index (χ2n) is 5.22. The fourth-order valence-corrected chi connectivity index (χ4v) is 1.20. The van der Waals surface area contributed by atoms with E-state index in [1.54, 1.807) is 20.8 Å². The van der Waals surface area contributed by atoms with E-state index in [0.29, 0.717) is 5.56 Å². The molecule has 1 amide bonds. The van der Waals surface area contributed by atoms with Crippen LogP contribution in [0.5, 0.6) is 0 Å². The lowest BCUT2D eigenvalue weighted by atomic mass is 9.95. The highest BCUT2D eigenvalue weighted by Gasteiger charge is 2.33. The molecule has 0 bridgehead atoms. The van der Waals surface area contributed by atoms with Crippen molar-refractivity contribution >= 4 is 5.91 Å². The zero-order valence-electron chi connectivity index (χ0n) is 11.0. The smallest absolute Gasteiger partial charge is 0.279 e. The zero-order valence-corrected chi connectivity index (χ0v) is 11.0. The monoisotopic (exact) mass is 255 g/mol. The number of carbonyl (C=O) groups is 1. The van der Waals surface area contributed by atoms with Gasteiger partial charge in [0.2, 0.25) is 0 Å². The molecule has 5 heteroatoms. The van der Waals surface area contributed by atoms with Crippen molar-refractivity contribution < 1.29 is 19.1 Å². The number of rotatable bonds is 3. The third-order valence-corrected chi connectivity index (χ3v) is 2.30. The maximum absolute atomic E-state index is 12.8. The van der Waals surface area contributed by atoms with Crippen LogP contribution in [-0.2, 0) is 15.2 Å². The van der Waals surface area contributed by atoms with Crippen LogP contribution in [0.3, 0.4) is 0 Å². The Bertz CT molecular complexity index is 421. The van der Waals surface area contributed by atoms with Gasteiger partial charge in [0, 0.05) is 0 Å². The molecule has 0 aromatic heterocycles. The summed E-state index contributed by atoms with van der Waals surface area (Å²) in [4.78, 5) is 16.9. The second-order valence-corrected chi connectivity index (χ2v) is 5.22. The van der Waals surface area contributed by atoms with Crippen molar-refractivity contribution in [1.82, 2.24) is 5.48 Å². The second kappa shape index (κ2) is 5.04. The molecule has 100 valence electrons. The van der Waals surface area contributed by atoms with Crippen molar-refractivity contribution in [1.29, 1.82) is 0 Å². The molecule has 18 heavy (non-hydrogen) atoms. The highest BCUT2D eigenvalue weighted by atomic mass is 19.1. The van der Waals surface area contributed by atoms with E-state index in [4.69, 9.17) is 4.84 Å². The van der Waals surface area contributed by atoms with Crippen molar-refractivity contribution in [2.45, 2.75) is 38.9 Å². The summed E-state index contributed by atoms with van der Waals surface area (Å²) in [7, 11) is 0. The lowest BCUT2D eigenvalue weighted by Gasteiger charge is -2.25. The van der Waals surface area contributed by atoms with Crippen LogP contribution in [0.1, 0.15) is 33.3 Å². The summed E-state index contributed by atoms with van der Waals surface area (Å²) < 4.78 is 12.8. The highest BCUT2D eigenvalue weighted by Crippen LogP contribution is 2.21. The van der Waals surface area contributed by atoms with Gasteiger partial charge in [0.25, 0.3) is 5.91 Å². The Balaban J connectivity index is 2.79. The van der Waals surface area contributed by atoms with Crippen molar-refractivity contribution in [3.63, 3.8) is 0 Å². The molecule has 0 heterocycles. The van der Waals surface area contributed by atoms with Gasteiger partial charge < -0.3 is 5.11 Å². The molecule has 0 aliphatic rings. The van der Waals surface area contributed by atoms with E-state index in [9.17, 15) is 14.3 Å². The van der Waals surface area contributed by atoms with E-state index in [2.05, 4.69) is 5.48 Å². The number of carbonyl (C=O) groups excluding carboxylic acids is 1. The number of benzene rings is 1. The number of nitrogens with one attached hydrogen (secondary N) is 1. The van der Waals surface area contributed by atoms with Crippen LogP contribution >= 0.6 is 0 Å². The van der Waals surface area contributed by atoms with Crippen LogP contribution in [-0.4, -0.2) is 16.6 Å². The normalized spacial score (nSPS) is 15.0. The topological polar surface area (TPSA) is 58.6 Å². The van der Waals surface area contributed by atoms with E-state index >= 15 is 0 Å². The molecule has 0 aliphatic carbocycles. The van der Waals surface area contributed by atoms with Gasteiger partial charge in [-0.05, 0) is 45.4 Å². The van der Waals surface area contributed by atoms with Crippen LogP contribution in [0, 0.1) is 5.82 Å². The van der Waals surface area contributed by atoms with Crippen molar-refractivity contribution in [2.24, 2.45) is 0 Å². The minimum absolute atomic E-state index is 0.291. The SMILES string of the molecule is CC(C)(C)ONC(=O)C(C)(O)c1ccc(F)cc1. The largest absolute Gasteiger partial charge is 0.375 e. The van der Waals surface area contributed by atoms with Crippen LogP contribution in [0.4, 0.5) is 4.39 Å². The van der Waals surface area contributed by atoms with Gasteiger partial charge in [0.1, 0.15) is 5.82 Å². The van der Waals surface area contributed by atoms with Crippen LogP contribution in [0.25, 0.3) is 0 Å². The molecule has 0 saturated carbocycles. The molecule has 0 fully saturated rings. The number of hydrogen-bond donors (Lipinski definition) is 2. The first kappa shape index (κ1) is 14.6. The first-order valence-corrected chi connectivity index (χ1v) is 5.60. The molecule has 1 rings (SSSR count). The van der Waals surface area contributed by atoms with Gasteiger partial charge in [-0.1, -0.05) is 12.1 Å². The van der Waals surface area contributed by atoms with Gasteiger partial charge in [-0.25, -0.2) is 9.87 Å². The van der Waals surface area contributed by atoms with Crippen LogP contribution in [0.2, 0.25) is 0 Å². The lowest BCUT2D eigenvalue weighted by Crippen LogP contribution is -2.45. The lowest BCUT2D eigenvalue weighted by molar-refractivity contribution is -0.163. The first-order chi connectivity index (χ1) is 8.13. The predicted molar refractivity (Wildman–Crippen MR) is 65.0 cm³/mol. The molecule has 1 aromatic rings. The molecule has 1 atom stereocenters. The fraction of sp³-hybridized carbons (Fsp3) is 0.462. The molecule has 0 aliphatic heterocycles. The third-order valence-electron chi connectivity index (χ3n) is 2.30. The summed E-state index contributed by atoms with van der Waals surface area (Å²) in [6.07, 6.45) is 0. The van der Waals surface area contributed by atoms with Crippen molar-refractivity contribution in [2.75, 3.05) is 0 Å². The van der Waals surface area contributed by atoms with Gasteiger partial charge in [-0.3, -0.25) is 9.63 Å². The average Bonchev–Trinajstić information content (AvgIpc) is 2.25. The summed E-state index contributed by atoms with van der Waals surface area (Å²) in [6.45, 7) is 6.61. The summed E-state index contributed by atoms with van der Waals surface area (Å²) >= 11 is 0. The molecule has 1 aromatic carbocycles. The number of halogens is 1. The molecule has 1 unspecified atom stereocenters. The van der Waals surface area contributed by atoms with Crippen molar-refractivity contribution in [3.05, 3.63) is 35.6 Å². The Morgan fingerprint density at radius 1 is 1.22 bits per heavy atom. The summed E-state index contributed by atoms with van der Waals surface area (Å²) in [5.41, 5.74) is 0.144. The standard InChI is InChI=1S/C13H18FNO3/c1-12(2,3)18-15-11(16)13(4,17)9-5-7-10(14)8-6-9/h5-8,17H,1-4H3,(H,15,16). The Kier molecular flexibility index (Phi) is 4.09. The molecule has 0 saturated heterocycles. The maximum atomic E-state index is 12.8. The van der Waals surface area contributed by atoms with E-state index in [0.717, 1.165) is 0 Å². The summed E-state index contributed by atoms with van der Waals surface area (Å²) in [5.74, 6) is -1.13. The Hall–Kier alpha value is -1.46. The molecular weight excluding hydrogens is 237 g/mol. The highest BCUT2D eigenvalue weighted by molar-refractivity contribution is 5.84. The Morgan fingerprint density at radius 2 is 1.72 bits per heavy atom. The third kappa shape index (κ3) is 3.78. The molecule has 0 radical (unpaired) electrons. The Morgan fingerprint density at radius 3 is 2.17 bits per heavy atom. The van der Waals surface area contributed by atoms with Gasteiger partial charge in [0.05, 0.1) is 5.60 Å². The average molecular weight is 255 g/mol. The first-order valence-electron chi connectivity index (χ1n) is 5.60. The minimum atomic E-state index is -1.78. The molecular formula is C13H18FNO3. The number of hydrogen-bond acceptors (Lipinski definition) is 3. The maximum Gasteiger partial charge on any atom is 0.279 e. The van der Waals surface area contributed by atoms with E-state index in [1.807, 2.05) is 0 Å². The molecule has 4 nitrogen and oxygen atoms in total. The Labute approximate surface area is 106 Å². The quantitative estimate of drug-likeness (QED) is 0.811. The summed E-state index contributed by atoms with van der Waals surface area (Å²) in [5, 5.41) is 10.1. The van der Waals surface area contributed by atoms with E-state index in [1.165, 1.54) is 31.2 Å². The number of hydroxylamine groups is 1. The van der Waals surface area contributed by atoms with Gasteiger partial charge in [0.15, 0.2) is 5.60 Å². The van der Waals surface area contributed by atoms with E-state index in [-0.39, 0.29) is 0 Å². The number of amides is 1. The number of aliphatic hydroxyl groups is 1. The van der Waals surface area contributed by atoms with Gasteiger partial charge >= 0.3 is 0 Å². The van der Waals surface area contributed by atoms with Crippen LogP contribution < -0.4 is 5.48 Å². The predicted octanol–water partition coefficient (Wildman–Crippen LogP) is 1.88. The van der Waals surface area contributed by atoms with E-state index < -0.39 is 22.9 Å². The minimum Gasteiger partial charge on any atom is -0.375 e. The summed E-state index contributed by atoms with van der Waals surface area (Å²) in [6, 6.07) is 5.07. The molecule has 2 N–H and O–H groups in total. The van der Waals surface area contributed by atoms with Gasteiger partial charge in [-0.15, -0.1) is 0 Å². The van der Waals surface area contributed by atoms with Crippen molar-refractivity contribution in [3.8, 4) is 0 Å². The van der Waals surface area contributed by atoms with Crippen LogP contribution in [0.15, 0.2) is 24.3 Å². The molecule has 0 spiro atoms. The van der Waals surface area contributed by atoms with Gasteiger partial charge in [-0.2, -0.15) is 0 Å².